The van der Waals surface area contributed by atoms with E-state index in [9.17, 15) is 5.11 Å². The van der Waals surface area contributed by atoms with Crippen LogP contribution in [-0.2, 0) is 6.54 Å². The summed E-state index contributed by atoms with van der Waals surface area (Å²) in [5.74, 6) is 0.616. The van der Waals surface area contributed by atoms with Gasteiger partial charge in [0.25, 0.3) is 0 Å². The molecule has 1 N–H and O–H groups in total. The first-order valence-corrected chi connectivity index (χ1v) is 5.52. The monoisotopic (exact) mass is 232 g/mol. The summed E-state index contributed by atoms with van der Waals surface area (Å²) in [4.78, 5) is 4.34. The van der Waals surface area contributed by atoms with E-state index in [1.54, 1.807) is 14.0 Å². The highest BCUT2D eigenvalue weighted by Crippen LogP contribution is 2.13. The Morgan fingerprint density at radius 3 is 2.88 bits per heavy atom. The first kappa shape index (κ1) is 11.7. The number of hydrogen-bond donors (Lipinski definition) is 1. The summed E-state index contributed by atoms with van der Waals surface area (Å²) in [6.45, 7) is 2.42. The second-order valence-electron chi connectivity index (χ2n) is 3.96. The van der Waals surface area contributed by atoms with Crippen LogP contribution in [0.3, 0.4) is 0 Å². The fraction of sp³-hybridized carbons (Fsp3) is 0.308. The molecule has 0 aliphatic rings. The van der Waals surface area contributed by atoms with Gasteiger partial charge in [-0.15, -0.1) is 0 Å². The van der Waals surface area contributed by atoms with Crippen molar-refractivity contribution in [2.45, 2.75) is 19.6 Å². The third-order valence-corrected chi connectivity index (χ3v) is 2.59. The van der Waals surface area contributed by atoms with Gasteiger partial charge in [-0.1, -0.05) is 6.07 Å². The Labute approximate surface area is 100 Å². The molecule has 1 atom stereocenters. The van der Waals surface area contributed by atoms with Gasteiger partial charge in [0, 0.05) is 18.5 Å². The van der Waals surface area contributed by atoms with E-state index >= 15 is 0 Å². The molecule has 1 unspecified atom stereocenters. The largest absolute Gasteiger partial charge is 0.481 e. The zero-order valence-corrected chi connectivity index (χ0v) is 10.00. The molecule has 0 amide bonds. The van der Waals surface area contributed by atoms with E-state index in [1.807, 2.05) is 41.2 Å². The third-order valence-electron chi connectivity index (χ3n) is 2.59. The molecule has 0 spiro atoms. The van der Waals surface area contributed by atoms with Gasteiger partial charge in [0.2, 0.25) is 5.88 Å². The number of pyridine rings is 1. The van der Waals surface area contributed by atoms with Crippen molar-refractivity contribution in [2.75, 3.05) is 7.11 Å². The van der Waals surface area contributed by atoms with Crippen LogP contribution in [-0.4, -0.2) is 21.8 Å². The zero-order valence-electron chi connectivity index (χ0n) is 10.00. The number of aromatic nitrogens is 2. The molecule has 0 fully saturated rings. The number of aliphatic hydroxyl groups excluding tert-OH is 1. The van der Waals surface area contributed by atoms with Crippen molar-refractivity contribution in [2.24, 2.45) is 0 Å². The topological polar surface area (TPSA) is 47.3 Å². The van der Waals surface area contributed by atoms with Crippen molar-refractivity contribution < 1.29 is 9.84 Å². The normalized spacial score (nSPS) is 12.4. The number of ether oxygens (including phenoxy) is 1. The Bertz CT molecular complexity index is 492. The maximum absolute atomic E-state index is 9.44. The van der Waals surface area contributed by atoms with Crippen molar-refractivity contribution in [3.8, 4) is 5.88 Å². The molecule has 0 bridgehead atoms. The highest BCUT2D eigenvalue weighted by Gasteiger charge is 2.04. The molecule has 0 aliphatic heterocycles. The lowest BCUT2D eigenvalue weighted by molar-refractivity contribution is 0.199. The highest BCUT2D eigenvalue weighted by molar-refractivity contribution is 5.18. The number of rotatable bonds is 4. The fourth-order valence-corrected chi connectivity index (χ4v) is 1.65. The van der Waals surface area contributed by atoms with Crippen LogP contribution in [0.1, 0.15) is 24.3 Å². The fourth-order valence-electron chi connectivity index (χ4n) is 1.65. The molecule has 0 radical (unpaired) electrons. The van der Waals surface area contributed by atoms with Crippen LogP contribution in [0.2, 0.25) is 0 Å². The smallest absolute Gasteiger partial charge is 0.213 e. The number of aliphatic hydroxyl groups is 1. The van der Waals surface area contributed by atoms with E-state index in [0.29, 0.717) is 12.4 Å². The van der Waals surface area contributed by atoms with Gasteiger partial charge >= 0.3 is 0 Å². The van der Waals surface area contributed by atoms with Crippen molar-refractivity contribution in [3.05, 3.63) is 47.9 Å². The molecule has 2 aromatic rings. The van der Waals surface area contributed by atoms with Crippen LogP contribution in [0.25, 0.3) is 0 Å². The molecule has 0 aliphatic carbocycles. The van der Waals surface area contributed by atoms with Crippen LogP contribution in [0.4, 0.5) is 0 Å². The van der Waals surface area contributed by atoms with Crippen molar-refractivity contribution in [3.63, 3.8) is 0 Å². The average molecular weight is 232 g/mol. The van der Waals surface area contributed by atoms with Gasteiger partial charge in [-0.2, -0.15) is 0 Å². The summed E-state index contributed by atoms with van der Waals surface area (Å²) in [5.41, 5.74) is 1.84. The van der Waals surface area contributed by atoms with Gasteiger partial charge in [-0.3, -0.25) is 0 Å². The maximum atomic E-state index is 9.44. The van der Waals surface area contributed by atoms with Gasteiger partial charge in [0.05, 0.1) is 25.5 Å². The Balaban J connectivity index is 2.13. The minimum absolute atomic E-state index is 0.436. The lowest BCUT2D eigenvalue weighted by Crippen LogP contribution is -2.00. The van der Waals surface area contributed by atoms with E-state index in [1.165, 1.54) is 0 Å². The predicted octanol–water partition coefficient (Wildman–Crippen LogP) is 1.99. The first-order chi connectivity index (χ1) is 8.19. The maximum Gasteiger partial charge on any atom is 0.213 e. The van der Waals surface area contributed by atoms with Gasteiger partial charge in [-0.25, -0.2) is 4.98 Å². The summed E-state index contributed by atoms with van der Waals surface area (Å²) >= 11 is 0. The molecule has 4 heteroatoms. The predicted molar refractivity (Wildman–Crippen MR) is 65.0 cm³/mol. The van der Waals surface area contributed by atoms with E-state index in [4.69, 9.17) is 4.74 Å². The standard InChI is InChI=1S/C13H16N2O2/c1-10(16)11-6-7-15(8-11)9-12-4-3-5-13(14-12)17-2/h3-8,10,16H,9H2,1-2H3. The molecule has 17 heavy (non-hydrogen) atoms. The number of hydrogen-bond acceptors (Lipinski definition) is 3. The molecular formula is C13H16N2O2. The second-order valence-corrected chi connectivity index (χ2v) is 3.96. The molecule has 4 nitrogen and oxygen atoms in total. The Hall–Kier alpha value is -1.81. The van der Waals surface area contributed by atoms with Crippen LogP contribution in [0.15, 0.2) is 36.7 Å². The Morgan fingerprint density at radius 1 is 1.41 bits per heavy atom. The van der Waals surface area contributed by atoms with Crippen LogP contribution >= 0.6 is 0 Å². The molecule has 0 saturated carbocycles. The average Bonchev–Trinajstić information content (AvgIpc) is 2.78. The number of methoxy groups -OCH3 is 1. The Morgan fingerprint density at radius 2 is 2.24 bits per heavy atom. The van der Waals surface area contributed by atoms with Gasteiger partial charge in [0.1, 0.15) is 0 Å². The van der Waals surface area contributed by atoms with E-state index in [0.717, 1.165) is 11.3 Å². The van der Waals surface area contributed by atoms with Crippen LogP contribution < -0.4 is 4.74 Å². The van der Waals surface area contributed by atoms with E-state index in [2.05, 4.69) is 4.98 Å². The van der Waals surface area contributed by atoms with Gasteiger partial charge in [0.15, 0.2) is 0 Å². The quantitative estimate of drug-likeness (QED) is 0.877. The molecule has 0 aromatic carbocycles. The van der Waals surface area contributed by atoms with Gasteiger partial charge in [-0.05, 0) is 24.6 Å². The highest BCUT2D eigenvalue weighted by atomic mass is 16.5. The molecule has 2 heterocycles. The van der Waals surface area contributed by atoms with Crippen LogP contribution in [0.5, 0.6) is 5.88 Å². The van der Waals surface area contributed by atoms with E-state index in [-0.39, 0.29) is 0 Å². The summed E-state index contributed by atoms with van der Waals surface area (Å²) in [7, 11) is 1.60. The molecule has 2 rings (SSSR count). The van der Waals surface area contributed by atoms with Crippen molar-refractivity contribution >= 4 is 0 Å². The lowest BCUT2D eigenvalue weighted by Gasteiger charge is -2.05. The molecular weight excluding hydrogens is 216 g/mol. The minimum Gasteiger partial charge on any atom is -0.481 e. The summed E-state index contributed by atoms with van der Waals surface area (Å²) in [6.07, 6.45) is 3.42. The lowest BCUT2D eigenvalue weighted by atomic mass is 10.2. The minimum atomic E-state index is -0.436. The van der Waals surface area contributed by atoms with E-state index < -0.39 is 6.10 Å². The van der Waals surface area contributed by atoms with Crippen molar-refractivity contribution in [1.82, 2.24) is 9.55 Å². The van der Waals surface area contributed by atoms with Gasteiger partial charge < -0.3 is 14.4 Å². The van der Waals surface area contributed by atoms with Crippen LogP contribution in [0, 0.1) is 0 Å². The van der Waals surface area contributed by atoms with Crippen molar-refractivity contribution in [1.29, 1.82) is 0 Å². The molecule has 2 aromatic heterocycles. The molecule has 90 valence electrons. The molecule has 0 saturated heterocycles. The number of nitrogens with zero attached hydrogens (tertiary/aromatic N) is 2. The Kier molecular flexibility index (Phi) is 3.44. The summed E-state index contributed by atoms with van der Waals surface area (Å²) in [6, 6.07) is 7.59. The second kappa shape index (κ2) is 5.01. The SMILES string of the molecule is COc1cccc(Cn2ccc(C(C)O)c2)n1. The first-order valence-electron chi connectivity index (χ1n) is 5.52. The summed E-state index contributed by atoms with van der Waals surface area (Å²) in [5, 5.41) is 9.44. The third kappa shape index (κ3) is 2.85. The summed E-state index contributed by atoms with van der Waals surface area (Å²) < 4.78 is 7.07. The zero-order chi connectivity index (χ0) is 12.3.